The lowest BCUT2D eigenvalue weighted by Crippen LogP contribution is -2.59. The van der Waals surface area contributed by atoms with E-state index in [1.54, 1.807) is 60.7 Å². The van der Waals surface area contributed by atoms with Gasteiger partial charge in [0.1, 0.15) is 30.6 Å². The Labute approximate surface area is 308 Å². The molecule has 0 saturated carbocycles. The van der Waals surface area contributed by atoms with Crippen molar-refractivity contribution in [2.45, 2.75) is 37.1 Å². The third-order valence-corrected chi connectivity index (χ3v) is 10.7. The van der Waals surface area contributed by atoms with Crippen LogP contribution < -0.4 is 9.64 Å². The fourth-order valence-corrected chi connectivity index (χ4v) is 7.45. The van der Waals surface area contributed by atoms with Gasteiger partial charge in [0.25, 0.3) is 0 Å². The number of anilines is 1. The van der Waals surface area contributed by atoms with Crippen LogP contribution in [-0.4, -0.2) is 42.2 Å². The molecule has 2 heterocycles. The zero-order valence-corrected chi connectivity index (χ0v) is 29.7. The van der Waals surface area contributed by atoms with Gasteiger partial charge in [-0.05, 0) is 57.7 Å². The SMILES string of the molecule is O=C(OCc1ccccc1)c1ccc(N(Cc2ccc(Br)cn2)C(=O)[C@H]2CCN2S(=O)(=O)c2c(F)c(F)c(F)c(F)c2F)cc1OCc1ccccc1. The van der Waals surface area contributed by atoms with Gasteiger partial charge in [-0.25, -0.2) is 35.2 Å². The fraction of sp³-hybridized carbons (Fsp3) is 0.162. The lowest BCUT2D eigenvalue weighted by atomic mass is 10.0. The van der Waals surface area contributed by atoms with E-state index in [1.807, 2.05) is 12.1 Å². The van der Waals surface area contributed by atoms with Crippen LogP contribution in [0.15, 0.2) is 107 Å². The van der Waals surface area contributed by atoms with Gasteiger partial charge in [-0.2, -0.15) is 4.31 Å². The second kappa shape index (κ2) is 15.8. The minimum atomic E-state index is -5.43. The molecular weight excluding hydrogens is 789 g/mol. The summed E-state index contributed by atoms with van der Waals surface area (Å²) in [4.78, 5) is 31.0. The number of amides is 1. The largest absolute Gasteiger partial charge is 0.488 e. The number of rotatable bonds is 12. The Morgan fingerprint density at radius 3 is 1.98 bits per heavy atom. The van der Waals surface area contributed by atoms with Crippen LogP contribution in [0.3, 0.4) is 0 Å². The topological polar surface area (TPSA) is 106 Å². The number of carbonyl (C=O) groups is 2. The van der Waals surface area contributed by atoms with Crippen molar-refractivity contribution >= 4 is 43.5 Å². The molecule has 16 heteroatoms. The number of aromatic nitrogens is 1. The van der Waals surface area contributed by atoms with E-state index >= 15 is 0 Å². The molecule has 4 aromatic carbocycles. The van der Waals surface area contributed by atoms with Crippen molar-refractivity contribution in [1.29, 1.82) is 0 Å². The number of ether oxygens (including phenoxy) is 2. The van der Waals surface area contributed by atoms with Crippen molar-refractivity contribution < 1.29 is 49.4 Å². The van der Waals surface area contributed by atoms with Crippen LogP contribution in [0.25, 0.3) is 0 Å². The van der Waals surface area contributed by atoms with Gasteiger partial charge in [0.05, 0.1) is 12.2 Å². The molecule has 1 amide bonds. The van der Waals surface area contributed by atoms with E-state index < -0.39 is 68.5 Å². The van der Waals surface area contributed by atoms with Crippen molar-refractivity contribution in [3.63, 3.8) is 0 Å². The Morgan fingerprint density at radius 1 is 0.811 bits per heavy atom. The summed E-state index contributed by atoms with van der Waals surface area (Å²) in [7, 11) is -5.43. The third kappa shape index (κ3) is 7.94. The first kappa shape index (κ1) is 37.6. The summed E-state index contributed by atoms with van der Waals surface area (Å²) in [5.41, 5.74) is 1.91. The number of esters is 1. The first-order valence-corrected chi connectivity index (χ1v) is 18.1. The number of nitrogens with zero attached hydrogens (tertiary/aromatic N) is 3. The van der Waals surface area contributed by atoms with Crippen LogP contribution >= 0.6 is 15.9 Å². The third-order valence-electron chi connectivity index (χ3n) is 8.31. The number of pyridine rings is 1. The number of hydrogen-bond acceptors (Lipinski definition) is 7. The number of benzene rings is 4. The Hall–Kier alpha value is -5.19. The van der Waals surface area contributed by atoms with E-state index in [0.717, 1.165) is 16.0 Å². The molecule has 0 spiro atoms. The maximum Gasteiger partial charge on any atom is 0.342 e. The standard InChI is InChI=1S/C37H27BrF5N3O6S/c38-24-11-12-25(44-18-24)19-45(36(47)28-15-16-46(28)53(49,50)35-33(42)31(40)30(39)32(41)34(35)43)26-13-14-27(37(48)52-21-23-9-5-2-6-10-23)29(17-26)51-20-22-7-3-1-4-8-22/h1-14,17-18,28H,15-16,19-21H2/t28-/m1/s1. The van der Waals surface area contributed by atoms with Gasteiger partial charge in [0, 0.05) is 29.0 Å². The minimum absolute atomic E-state index is 0.00202. The second-order valence-electron chi connectivity index (χ2n) is 11.7. The zero-order valence-electron chi connectivity index (χ0n) is 27.3. The summed E-state index contributed by atoms with van der Waals surface area (Å²) in [6.07, 6.45) is 1.31. The Kier molecular flexibility index (Phi) is 11.2. The summed E-state index contributed by atoms with van der Waals surface area (Å²) in [5.74, 6) is -14.2. The van der Waals surface area contributed by atoms with Crippen molar-refractivity contribution in [3.05, 3.63) is 153 Å². The highest BCUT2D eigenvalue weighted by atomic mass is 79.9. The maximum absolute atomic E-state index is 14.7. The summed E-state index contributed by atoms with van der Waals surface area (Å²) < 4.78 is 111. The second-order valence-corrected chi connectivity index (χ2v) is 14.5. The van der Waals surface area contributed by atoms with Crippen molar-refractivity contribution in [1.82, 2.24) is 9.29 Å². The first-order valence-electron chi connectivity index (χ1n) is 15.8. The fourth-order valence-electron chi connectivity index (χ4n) is 5.47. The number of sulfonamides is 1. The van der Waals surface area contributed by atoms with E-state index in [1.165, 1.54) is 24.4 Å². The van der Waals surface area contributed by atoms with Gasteiger partial charge in [0.2, 0.25) is 21.7 Å². The van der Waals surface area contributed by atoms with E-state index in [-0.39, 0.29) is 43.2 Å². The first-order chi connectivity index (χ1) is 25.4. The normalized spacial score (nSPS) is 14.3. The van der Waals surface area contributed by atoms with E-state index in [0.29, 0.717) is 14.5 Å². The average molecular weight is 817 g/mol. The Balaban J connectivity index is 1.37. The van der Waals surface area contributed by atoms with Crippen LogP contribution in [0.2, 0.25) is 0 Å². The summed E-state index contributed by atoms with van der Waals surface area (Å²) in [6, 6.07) is 23.7. The van der Waals surface area contributed by atoms with Crippen molar-refractivity contribution in [3.8, 4) is 5.75 Å². The smallest absolute Gasteiger partial charge is 0.342 e. The molecule has 5 aromatic rings. The molecule has 0 aliphatic carbocycles. The van der Waals surface area contributed by atoms with Gasteiger partial charge in [-0.3, -0.25) is 9.78 Å². The quantitative estimate of drug-likeness (QED) is 0.0557. The van der Waals surface area contributed by atoms with E-state index in [2.05, 4.69) is 20.9 Å². The molecule has 1 saturated heterocycles. The molecule has 0 radical (unpaired) electrons. The highest BCUT2D eigenvalue weighted by Crippen LogP contribution is 2.36. The molecule has 53 heavy (non-hydrogen) atoms. The molecule has 1 atom stereocenters. The molecule has 0 unspecified atom stereocenters. The van der Waals surface area contributed by atoms with Crippen molar-refractivity contribution in [2.24, 2.45) is 0 Å². The summed E-state index contributed by atoms with van der Waals surface area (Å²) >= 11 is 3.29. The van der Waals surface area contributed by atoms with Crippen LogP contribution in [0, 0.1) is 29.1 Å². The Morgan fingerprint density at radius 2 is 1.42 bits per heavy atom. The molecule has 1 aliphatic heterocycles. The summed E-state index contributed by atoms with van der Waals surface area (Å²) in [5, 5.41) is 0. The number of carbonyl (C=O) groups excluding carboxylic acids is 2. The molecule has 1 aliphatic rings. The summed E-state index contributed by atoms with van der Waals surface area (Å²) in [6.45, 7) is -0.772. The van der Waals surface area contributed by atoms with Crippen LogP contribution in [-0.2, 0) is 39.3 Å². The molecule has 1 fully saturated rings. The zero-order chi connectivity index (χ0) is 37.9. The van der Waals surface area contributed by atoms with E-state index in [9.17, 15) is 40.0 Å². The maximum atomic E-state index is 14.7. The van der Waals surface area contributed by atoms with Crippen LogP contribution in [0.5, 0.6) is 5.75 Å². The minimum Gasteiger partial charge on any atom is -0.488 e. The van der Waals surface area contributed by atoms with Gasteiger partial charge >= 0.3 is 5.97 Å². The predicted octanol–water partition coefficient (Wildman–Crippen LogP) is 7.47. The highest BCUT2D eigenvalue weighted by molar-refractivity contribution is 9.10. The molecule has 9 nitrogen and oxygen atoms in total. The van der Waals surface area contributed by atoms with Crippen LogP contribution in [0.4, 0.5) is 27.6 Å². The van der Waals surface area contributed by atoms with Crippen LogP contribution in [0.1, 0.15) is 33.6 Å². The molecule has 1 aromatic heterocycles. The molecule has 0 bridgehead atoms. The lowest BCUT2D eigenvalue weighted by molar-refractivity contribution is -0.125. The predicted molar refractivity (Wildman–Crippen MR) is 184 cm³/mol. The van der Waals surface area contributed by atoms with Gasteiger partial charge in [-0.1, -0.05) is 60.7 Å². The van der Waals surface area contributed by atoms with Gasteiger partial charge < -0.3 is 14.4 Å². The monoisotopic (exact) mass is 815 g/mol. The number of halogens is 6. The van der Waals surface area contributed by atoms with Gasteiger partial charge in [0.15, 0.2) is 28.2 Å². The molecular formula is C37H27BrF5N3O6S. The average Bonchev–Trinajstić information content (AvgIpc) is 3.14. The van der Waals surface area contributed by atoms with E-state index in [4.69, 9.17) is 9.47 Å². The molecule has 6 rings (SSSR count). The lowest BCUT2D eigenvalue weighted by Gasteiger charge is -2.41. The number of hydrogen-bond donors (Lipinski definition) is 0. The molecule has 0 N–H and O–H groups in total. The Bertz CT molecular complexity index is 2240. The highest BCUT2D eigenvalue weighted by Gasteiger charge is 2.48. The van der Waals surface area contributed by atoms with Gasteiger partial charge in [-0.15, -0.1) is 0 Å². The van der Waals surface area contributed by atoms with Crippen molar-refractivity contribution in [2.75, 3.05) is 11.4 Å². The molecule has 274 valence electrons.